The molecule has 0 saturated heterocycles. The highest BCUT2D eigenvalue weighted by molar-refractivity contribution is 5.98. The van der Waals surface area contributed by atoms with Crippen LogP contribution in [-0.2, 0) is 5.41 Å². The summed E-state index contributed by atoms with van der Waals surface area (Å²) in [4.78, 5) is 2.41. The number of hydrogen-bond donors (Lipinski definition) is 0. The fourth-order valence-corrected chi connectivity index (χ4v) is 12.2. The van der Waals surface area contributed by atoms with Gasteiger partial charge >= 0.3 is 0 Å². The van der Waals surface area contributed by atoms with Gasteiger partial charge in [-0.05, 0) is 121 Å². The fraction of sp³-hybridized carbons (Fsp3) is 0.0476. The maximum Gasteiger partial charge on any atom is 0.0726 e. The van der Waals surface area contributed by atoms with Crippen molar-refractivity contribution in [3.8, 4) is 50.3 Å². The number of aromatic nitrogens is 1. The first-order valence-corrected chi connectivity index (χ1v) is 22.8. The molecule has 2 heteroatoms. The molecule has 0 fully saturated rings. The van der Waals surface area contributed by atoms with Crippen LogP contribution in [0.3, 0.4) is 0 Å². The quantitative estimate of drug-likeness (QED) is 0.168. The van der Waals surface area contributed by atoms with Gasteiger partial charge in [0.05, 0.1) is 16.6 Å². The van der Waals surface area contributed by atoms with Crippen LogP contribution in [0, 0.1) is 0 Å². The van der Waals surface area contributed by atoms with Crippen LogP contribution in [0.5, 0.6) is 0 Å². The van der Waals surface area contributed by atoms with E-state index in [1.807, 2.05) is 0 Å². The molecule has 0 saturated carbocycles. The number of fused-ring (bicyclic) bond motifs is 18. The first kappa shape index (κ1) is 36.3. The molecule has 2 nitrogen and oxygen atoms in total. The van der Waals surface area contributed by atoms with Crippen LogP contribution < -0.4 is 4.90 Å². The third-order valence-corrected chi connectivity index (χ3v) is 14.8. The van der Waals surface area contributed by atoms with Crippen molar-refractivity contribution in [3.63, 3.8) is 0 Å². The van der Waals surface area contributed by atoms with Crippen LogP contribution >= 0.6 is 0 Å². The fourth-order valence-electron chi connectivity index (χ4n) is 12.2. The first-order valence-electron chi connectivity index (χ1n) is 22.8. The summed E-state index contributed by atoms with van der Waals surface area (Å²) in [5, 5.41) is 1.33. The van der Waals surface area contributed by atoms with E-state index < -0.39 is 5.41 Å². The molecule has 0 bridgehead atoms. The van der Waals surface area contributed by atoms with Crippen molar-refractivity contribution in [1.29, 1.82) is 0 Å². The van der Waals surface area contributed by atoms with Crippen LogP contribution in [0.1, 0.15) is 45.2 Å². The summed E-state index contributed by atoms with van der Waals surface area (Å²) in [6.07, 6.45) is 9.21. The minimum atomic E-state index is -0.407. The summed E-state index contributed by atoms with van der Waals surface area (Å²) in [5.74, 6) is 0.638. The number of benzene rings is 9. The molecule has 2 atom stereocenters. The van der Waals surface area contributed by atoms with Gasteiger partial charge < -0.3 is 9.47 Å². The zero-order valence-corrected chi connectivity index (χ0v) is 35.6. The van der Waals surface area contributed by atoms with Crippen molar-refractivity contribution in [1.82, 2.24) is 4.57 Å². The van der Waals surface area contributed by atoms with Gasteiger partial charge in [0.15, 0.2) is 0 Å². The van der Waals surface area contributed by atoms with Crippen LogP contribution in [0.2, 0.25) is 0 Å². The summed E-state index contributed by atoms with van der Waals surface area (Å²) in [7, 11) is 0. The summed E-state index contributed by atoms with van der Waals surface area (Å²) in [5.41, 5.74) is 23.8. The number of nitrogens with zero attached hydrogens (tertiary/aromatic N) is 2. The van der Waals surface area contributed by atoms with Gasteiger partial charge in [-0.25, -0.2) is 0 Å². The zero-order chi connectivity index (χ0) is 42.6. The number of para-hydroxylation sites is 2. The number of allylic oxidation sites excluding steroid dienone is 4. The summed E-state index contributed by atoms with van der Waals surface area (Å²) >= 11 is 0. The van der Waals surface area contributed by atoms with Crippen LogP contribution in [-0.4, -0.2) is 4.57 Å². The van der Waals surface area contributed by atoms with Crippen LogP contribution in [0.4, 0.5) is 17.1 Å². The van der Waals surface area contributed by atoms with Crippen molar-refractivity contribution in [2.75, 3.05) is 4.90 Å². The first-order chi connectivity index (χ1) is 32.3. The number of anilines is 3. The van der Waals surface area contributed by atoms with E-state index in [4.69, 9.17) is 0 Å². The Balaban J connectivity index is 0.865. The van der Waals surface area contributed by atoms with Gasteiger partial charge in [0.1, 0.15) is 0 Å². The molecule has 0 N–H and O–H groups in total. The molecule has 304 valence electrons. The van der Waals surface area contributed by atoms with E-state index in [0.29, 0.717) is 11.8 Å². The Bertz CT molecular complexity index is 3540. The lowest BCUT2D eigenvalue weighted by Crippen LogP contribution is -2.26. The van der Waals surface area contributed by atoms with E-state index in [1.54, 1.807) is 0 Å². The maximum atomic E-state index is 2.50. The van der Waals surface area contributed by atoms with E-state index in [1.165, 1.54) is 94.6 Å². The molecule has 0 radical (unpaired) electrons. The second kappa shape index (κ2) is 13.9. The average Bonchev–Trinajstić information content (AvgIpc) is 4.00. The van der Waals surface area contributed by atoms with E-state index in [2.05, 4.69) is 252 Å². The van der Waals surface area contributed by atoms with E-state index >= 15 is 0 Å². The van der Waals surface area contributed by atoms with Gasteiger partial charge in [-0.3, -0.25) is 0 Å². The Morgan fingerprint density at radius 1 is 0.385 bits per heavy atom. The Labute approximate surface area is 379 Å². The van der Waals surface area contributed by atoms with Crippen molar-refractivity contribution >= 4 is 28.0 Å². The molecule has 14 rings (SSSR count). The molecule has 2 unspecified atom stereocenters. The molecular weight excluding hydrogens is 785 g/mol. The Hall–Kier alpha value is -8.20. The standard InChI is InChI=1S/C63H42N2/c1-2-16-43(17-3-1)64(46-38-39-52-51-22-10-14-28-58(51)63(59(52)40-46)56-26-12-8-20-49(56)50-21-9-13-27-57(50)63)44-34-30-41(31-35-44)42-32-36-45(37-33-42)65-60-29-15-11-25-55(60)61-53-23-6-4-18-47(53)48-19-5-7-24-54(48)62(61)65/h1-40,47,53H. The Kier molecular flexibility index (Phi) is 7.76. The lowest BCUT2D eigenvalue weighted by Gasteiger charge is -2.33. The third-order valence-electron chi connectivity index (χ3n) is 14.8. The van der Waals surface area contributed by atoms with Crippen molar-refractivity contribution < 1.29 is 0 Å². The summed E-state index contributed by atoms with van der Waals surface area (Å²) in [6, 6.07) is 81.3. The average molecular weight is 827 g/mol. The Morgan fingerprint density at radius 2 is 0.892 bits per heavy atom. The van der Waals surface area contributed by atoms with Gasteiger partial charge in [-0.1, -0.05) is 188 Å². The predicted molar refractivity (Wildman–Crippen MR) is 269 cm³/mol. The van der Waals surface area contributed by atoms with Crippen molar-refractivity contribution in [3.05, 3.63) is 276 Å². The van der Waals surface area contributed by atoms with Crippen LogP contribution in [0.25, 0.3) is 61.2 Å². The van der Waals surface area contributed by atoms with Crippen LogP contribution in [0.15, 0.2) is 243 Å². The molecule has 9 aromatic carbocycles. The Morgan fingerprint density at radius 3 is 1.57 bits per heavy atom. The second-order valence-electron chi connectivity index (χ2n) is 17.9. The molecule has 65 heavy (non-hydrogen) atoms. The van der Waals surface area contributed by atoms with E-state index in [0.717, 1.165) is 17.1 Å². The number of rotatable bonds is 5. The monoisotopic (exact) mass is 826 g/mol. The number of hydrogen-bond acceptors (Lipinski definition) is 1. The molecule has 1 spiro atoms. The highest BCUT2D eigenvalue weighted by Crippen LogP contribution is 2.63. The van der Waals surface area contributed by atoms with Gasteiger partial charge in [0, 0.05) is 45.5 Å². The maximum absolute atomic E-state index is 2.50. The second-order valence-corrected chi connectivity index (χ2v) is 17.9. The lowest BCUT2D eigenvalue weighted by atomic mass is 9.70. The molecule has 0 aliphatic heterocycles. The molecule has 10 aromatic rings. The minimum absolute atomic E-state index is 0.301. The molecule has 4 aliphatic rings. The molecule has 0 amide bonds. The van der Waals surface area contributed by atoms with Crippen molar-refractivity contribution in [2.45, 2.75) is 17.3 Å². The molecule has 1 aromatic heterocycles. The smallest absolute Gasteiger partial charge is 0.0726 e. The predicted octanol–water partition coefficient (Wildman–Crippen LogP) is 16.1. The highest BCUT2D eigenvalue weighted by Gasteiger charge is 2.51. The van der Waals surface area contributed by atoms with Gasteiger partial charge in [0.25, 0.3) is 0 Å². The molecular formula is C63H42N2. The molecule has 1 heterocycles. The minimum Gasteiger partial charge on any atom is -0.310 e. The molecule has 4 aliphatic carbocycles. The van der Waals surface area contributed by atoms with Crippen molar-refractivity contribution in [2.24, 2.45) is 0 Å². The van der Waals surface area contributed by atoms with Gasteiger partial charge in [-0.2, -0.15) is 0 Å². The zero-order valence-electron chi connectivity index (χ0n) is 35.6. The largest absolute Gasteiger partial charge is 0.310 e. The summed E-state index contributed by atoms with van der Waals surface area (Å²) in [6.45, 7) is 0. The third kappa shape index (κ3) is 5.05. The summed E-state index contributed by atoms with van der Waals surface area (Å²) < 4.78 is 2.50. The van der Waals surface area contributed by atoms with E-state index in [9.17, 15) is 0 Å². The van der Waals surface area contributed by atoms with Gasteiger partial charge in [-0.15, -0.1) is 0 Å². The topological polar surface area (TPSA) is 8.17 Å². The van der Waals surface area contributed by atoms with Gasteiger partial charge in [0.2, 0.25) is 0 Å². The lowest BCUT2D eigenvalue weighted by molar-refractivity contribution is 0.721. The SMILES string of the molecule is C1=CC2c3ccccc3-c3c(c4ccccc4n3-c3ccc(-c4ccc(N(c5ccccc5)c5ccc6c(c5)C5(c7ccccc7-c7ccccc75)c5ccccc5-6)cc4)cc3)C2C=C1. The normalized spacial score (nSPS) is 16.3. The highest BCUT2D eigenvalue weighted by atomic mass is 15.1. The van der Waals surface area contributed by atoms with E-state index in [-0.39, 0.29) is 0 Å².